The van der Waals surface area contributed by atoms with E-state index in [0.29, 0.717) is 18.1 Å². The van der Waals surface area contributed by atoms with E-state index in [-0.39, 0.29) is 17.4 Å². The van der Waals surface area contributed by atoms with Gasteiger partial charge in [0.25, 0.3) is 5.91 Å². The highest BCUT2D eigenvalue weighted by Gasteiger charge is 2.21. The summed E-state index contributed by atoms with van der Waals surface area (Å²) in [6, 6.07) is 7.25. The molecule has 0 aliphatic rings. The second-order valence-corrected chi connectivity index (χ2v) is 5.99. The Kier molecular flexibility index (Phi) is 6.05. The predicted octanol–water partition coefficient (Wildman–Crippen LogP) is 2.70. The van der Waals surface area contributed by atoms with Gasteiger partial charge in [-0.05, 0) is 18.4 Å². The second kappa shape index (κ2) is 8.23. The molecule has 0 saturated heterocycles. The lowest BCUT2D eigenvalue weighted by Gasteiger charge is -2.22. The molecule has 0 bridgehead atoms. The molecular formula is C18H21N3O4. The Morgan fingerprint density at radius 1 is 1.16 bits per heavy atom. The standard InChI is InChI=1S/C18H21N3O4/c1-11(2)8-13(12-6-4-5-7-16(12)25-3)21-17(22)14-9-20-15(10-19-14)18(23)24/h4-7,9-11,13H,8H2,1-3H3,(H,21,22)(H,23,24). The smallest absolute Gasteiger partial charge is 0.356 e. The molecule has 1 amide bonds. The summed E-state index contributed by atoms with van der Waals surface area (Å²) in [7, 11) is 1.59. The Bertz CT molecular complexity index is 744. The van der Waals surface area contributed by atoms with Crippen LogP contribution in [0.4, 0.5) is 0 Å². The van der Waals surface area contributed by atoms with Crippen LogP contribution < -0.4 is 10.1 Å². The van der Waals surface area contributed by atoms with Crippen LogP contribution in [0, 0.1) is 5.92 Å². The minimum atomic E-state index is -1.19. The summed E-state index contributed by atoms with van der Waals surface area (Å²) in [5.41, 5.74) is 0.732. The topological polar surface area (TPSA) is 101 Å². The number of carbonyl (C=O) groups is 2. The molecule has 0 radical (unpaired) electrons. The number of amides is 1. The van der Waals surface area contributed by atoms with Crippen molar-refractivity contribution in [3.63, 3.8) is 0 Å². The number of nitrogens with zero attached hydrogens (tertiary/aromatic N) is 2. The number of hydrogen-bond donors (Lipinski definition) is 2. The fourth-order valence-electron chi connectivity index (χ4n) is 2.48. The fourth-order valence-corrected chi connectivity index (χ4v) is 2.48. The molecule has 1 heterocycles. The number of hydrogen-bond acceptors (Lipinski definition) is 5. The number of aromatic carboxylic acids is 1. The van der Waals surface area contributed by atoms with Crippen molar-refractivity contribution in [2.45, 2.75) is 26.3 Å². The molecule has 0 aliphatic carbocycles. The molecule has 0 fully saturated rings. The highest BCUT2D eigenvalue weighted by molar-refractivity contribution is 5.93. The number of para-hydroxylation sites is 1. The zero-order valence-electron chi connectivity index (χ0n) is 14.4. The van der Waals surface area contributed by atoms with Crippen molar-refractivity contribution in [2.24, 2.45) is 5.92 Å². The molecule has 2 aromatic rings. The van der Waals surface area contributed by atoms with Gasteiger partial charge in [0.15, 0.2) is 5.69 Å². The van der Waals surface area contributed by atoms with Crippen LogP contribution in [0.1, 0.15) is 52.9 Å². The summed E-state index contributed by atoms with van der Waals surface area (Å²) in [4.78, 5) is 30.9. The third-order valence-electron chi connectivity index (χ3n) is 3.63. The fraction of sp³-hybridized carbons (Fsp3) is 0.333. The zero-order chi connectivity index (χ0) is 18.4. The number of aromatic nitrogens is 2. The lowest BCUT2D eigenvalue weighted by atomic mass is 9.96. The summed E-state index contributed by atoms with van der Waals surface area (Å²) >= 11 is 0. The number of methoxy groups -OCH3 is 1. The minimum absolute atomic E-state index is 0.0636. The molecule has 7 heteroatoms. The maximum atomic E-state index is 12.5. The average molecular weight is 343 g/mol. The molecule has 132 valence electrons. The van der Waals surface area contributed by atoms with Crippen LogP contribution in [0.25, 0.3) is 0 Å². The normalized spacial score (nSPS) is 11.8. The van der Waals surface area contributed by atoms with Gasteiger partial charge in [0.05, 0.1) is 25.5 Å². The van der Waals surface area contributed by atoms with E-state index in [2.05, 4.69) is 29.1 Å². The highest BCUT2D eigenvalue weighted by Crippen LogP contribution is 2.29. The van der Waals surface area contributed by atoms with Gasteiger partial charge >= 0.3 is 5.97 Å². The van der Waals surface area contributed by atoms with Crippen molar-refractivity contribution in [3.8, 4) is 5.75 Å². The number of rotatable bonds is 7. The summed E-state index contributed by atoms with van der Waals surface area (Å²) in [6.07, 6.45) is 2.94. The van der Waals surface area contributed by atoms with Crippen LogP contribution in [0.15, 0.2) is 36.7 Å². The van der Waals surface area contributed by atoms with E-state index in [4.69, 9.17) is 9.84 Å². The van der Waals surface area contributed by atoms with Crippen LogP contribution >= 0.6 is 0 Å². The Morgan fingerprint density at radius 2 is 1.80 bits per heavy atom. The predicted molar refractivity (Wildman–Crippen MR) is 91.6 cm³/mol. The molecule has 2 N–H and O–H groups in total. The average Bonchev–Trinajstić information content (AvgIpc) is 2.60. The van der Waals surface area contributed by atoms with E-state index in [1.54, 1.807) is 7.11 Å². The maximum Gasteiger partial charge on any atom is 0.356 e. The van der Waals surface area contributed by atoms with Crippen LogP contribution in [0.3, 0.4) is 0 Å². The van der Waals surface area contributed by atoms with Crippen LogP contribution in [-0.4, -0.2) is 34.1 Å². The summed E-state index contributed by atoms with van der Waals surface area (Å²) in [6.45, 7) is 4.13. The first-order valence-corrected chi connectivity index (χ1v) is 7.91. The van der Waals surface area contributed by atoms with Gasteiger partial charge in [-0.3, -0.25) is 4.79 Å². The Labute approximate surface area is 146 Å². The molecule has 1 unspecified atom stereocenters. The molecule has 25 heavy (non-hydrogen) atoms. The molecule has 0 saturated carbocycles. The van der Waals surface area contributed by atoms with E-state index in [9.17, 15) is 9.59 Å². The lowest BCUT2D eigenvalue weighted by Crippen LogP contribution is -2.30. The molecule has 1 atom stereocenters. The Morgan fingerprint density at radius 3 is 2.36 bits per heavy atom. The Hall–Kier alpha value is -2.96. The molecule has 0 aliphatic heterocycles. The van der Waals surface area contributed by atoms with Gasteiger partial charge in [0.2, 0.25) is 0 Å². The largest absolute Gasteiger partial charge is 0.496 e. The monoisotopic (exact) mass is 343 g/mol. The minimum Gasteiger partial charge on any atom is -0.496 e. The number of nitrogens with one attached hydrogen (secondary N) is 1. The van der Waals surface area contributed by atoms with Crippen LogP contribution in [0.2, 0.25) is 0 Å². The first kappa shape index (κ1) is 18.4. The first-order chi connectivity index (χ1) is 11.9. The third kappa shape index (κ3) is 4.76. The number of benzene rings is 1. The Balaban J connectivity index is 2.24. The quantitative estimate of drug-likeness (QED) is 0.801. The summed E-state index contributed by atoms with van der Waals surface area (Å²) in [5, 5.41) is 11.8. The van der Waals surface area contributed by atoms with Crippen molar-refractivity contribution in [1.29, 1.82) is 0 Å². The van der Waals surface area contributed by atoms with E-state index < -0.39 is 11.9 Å². The van der Waals surface area contributed by atoms with Gasteiger partial charge in [0.1, 0.15) is 11.4 Å². The number of carboxylic acids is 1. The van der Waals surface area contributed by atoms with Gasteiger partial charge in [0, 0.05) is 5.56 Å². The summed E-state index contributed by atoms with van der Waals surface area (Å²) < 4.78 is 5.39. The van der Waals surface area contributed by atoms with Crippen molar-refractivity contribution >= 4 is 11.9 Å². The molecule has 7 nitrogen and oxygen atoms in total. The molecule has 0 spiro atoms. The molecule has 2 rings (SSSR count). The van der Waals surface area contributed by atoms with Crippen molar-refractivity contribution in [2.75, 3.05) is 7.11 Å². The highest BCUT2D eigenvalue weighted by atomic mass is 16.5. The van der Waals surface area contributed by atoms with Crippen LogP contribution in [0.5, 0.6) is 5.75 Å². The SMILES string of the molecule is COc1ccccc1C(CC(C)C)NC(=O)c1cnc(C(=O)O)cn1. The molecular weight excluding hydrogens is 322 g/mol. The number of ether oxygens (including phenoxy) is 1. The number of carboxylic acid groups (broad SMARTS) is 1. The van der Waals surface area contributed by atoms with E-state index in [0.717, 1.165) is 18.0 Å². The number of carbonyl (C=O) groups excluding carboxylic acids is 1. The van der Waals surface area contributed by atoms with E-state index in [1.165, 1.54) is 0 Å². The van der Waals surface area contributed by atoms with Crippen molar-refractivity contribution in [3.05, 3.63) is 53.6 Å². The van der Waals surface area contributed by atoms with Gasteiger partial charge in [-0.2, -0.15) is 0 Å². The lowest BCUT2D eigenvalue weighted by molar-refractivity contribution is 0.0688. The third-order valence-corrected chi connectivity index (χ3v) is 3.63. The van der Waals surface area contributed by atoms with Gasteiger partial charge < -0.3 is 15.2 Å². The van der Waals surface area contributed by atoms with Gasteiger partial charge in [-0.1, -0.05) is 32.0 Å². The molecule has 1 aromatic heterocycles. The van der Waals surface area contributed by atoms with Crippen LogP contribution in [-0.2, 0) is 0 Å². The van der Waals surface area contributed by atoms with Gasteiger partial charge in [-0.15, -0.1) is 0 Å². The van der Waals surface area contributed by atoms with Crippen molar-refractivity contribution in [1.82, 2.24) is 15.3 Å². The maximum absolute atomic E-state index is 12.5. The summed E-state index contributed by atoms with van der Waals surface area (Å²) in [5.74, 6) is -0.566. The van der Waals surface area contributed by atoms with Crippen molar-refractivity contribution < 1.29 is 19.4 Å². The van der Waals surface area contributed by atoms with E-state index in [1.807, 2.05) is 24.3 Å². The molecule has 1 aromatic carbocycles. The first-order valence-electron chi connectivity index (χ1n) is 7.91. The second-order valence-electron chi connectivity index (χ2n) is 5.99. The zero-order valence-corrected chi connectivity index (χ0v) is 14.4. The van der Waals surface area contributed by atoms with E-state index >= 15 is 0 Å². The van der Waals surface area contributed by atoms with Gasteiger partial charge in [-0.25, -0.2) is 14.8 Å².